The highest BCUT2D eigenvalue weighted by atomic mass is 32.2. The predicted octanol–water partition coefficient (Wildman–Crippen LogP) is 4.04. The Labute approximate surface area is 120 Å². The van der Waals surface area contributed by atoms with Crippen molar-refractivity contribution in [2.45, 2.75) is 29.9 Å². The van der Waals surface area contributed by atoms with E-state index in [1.807, 2.05) is 0 Å². The van der Waals surface area contributed by atoms with Crippen molar-refractivity contribution in [2.24, 2.45) is 5.41 Å². The van der Waals surface area contributed by atoms with E-state index in [4.69, 9.17) is 0 Å². The quantitative estimate of drug-likeness (QED) is 0.613. The number of hydrogen-bond donors (Lipinski definition) is 2. The minimum atomic E-state index is -2.50. The highest BCUT2D eigenvalue weighted by Gasteiger charge is 2.42. The van der Waals surface area contributed by atoms with E-state index in [1.54, 1.807) is 24.3 Å². The van der Waals surface area contributed by atoms with Crippen molar-refractivity contribution >= 4 is 36.0 Å². The molecule has 0 aliphatic heterocycles. The van der Waals surface area contributed by atoms with Crippen molar-refractivity contribution in [3.63, 3.8) is 0 Å². The number of thioether (sulfide) groups is 1. The van der Waals surface area contributed by atoms with Crippen LogP contribution < -0.4 is 5.32 Å². The van der Waals surface area contributed by atoms with Gasteiger partial charge in [0.05, 0.1) is 5.69 Å². The summed E-state index contributed by atoms with van der Waals surface area (Å²) in [5, 5.41) is 2.72. The molecule has 1 fully saturated rings. The molecule has 0 radical (unpaired) electrons. The Bertz CT molecular complexity index is 464. The Balaban J connectivity index is 2.00. The first-order chi connectivity index (χ1) is 9.04. The number of amides is 1. The van der Waals surface area contributed by atoms with Crippen LogP contribution >= 0.6 is 24.4 Å². The summed E-state index contributed by atoms with van der Waals surface area (Å²) >= 11 is 4.69. The number of thiol groups is 1. The second-order valence-electron chi connectivity index (χ2n) is 4.76. The van der Waals surface area contributed by atoms with Gasteiger partial charge in [0.1, 0.15) is 0 Å². The average Bonchev–Trinajstić information content (AvgIpc) is 3.11. The molecule has 1 aliphatic rings. The highest BCUT2D eigenvalue weighted by Crippen LogP contribution is 2.49. The summed E-state index contributed by atoms with van der Waals surface area (Å²) in [7, 11) is 0. The van der Waals surface area contributed by atoms with Crippen LogP contribution in [0.25, 0.3) is 0 Å². The zero-order valence-electron chi connectivity index (χ0n) is 10.2. The van der Waals surface area contributed by atoms with Crippen molar-refractivity contribution in [3.8, 4) is 0 Å². The maximum absolute atomic E-state index is 12.4. The number of para-hydroxylation sites is 1. The molecule has 0 bridgehead atoms. The lowest BCUT2D eigenvalue weighted by Crippen LogP contribution is -2.18. The van der Waals surface area contributed by atoms with Crippen molar-refractivity contribution in [3.05, 3.63) is 24.3 Å². The van der Waals surface area contributed by atoms with Crippen LogP contribution in [0.4, 0.5) is 14.5 Å². The summed E-state index contributed by atoms with van der Waals surface area (Å²) in [5.74, 6) is -1.94. The Morgan fingerprint density at radius 3 is 2.68 bits per heavy atom. The maximum Gasteiger partial charge on any atom is 0.288 e. The lowest BCUT2D eigenvalue weighted by Gasteiger charge is -2.13. The molecule has 0 unspecified atom stereocenters. The van der Waals surface area contributed by atoms with Crippen LogP contribution in [0.2, 0.25) is 0 Å². The molecule has 0 spiro atoms. The summed E-state index contributed by atoms with van der Waals surface area (Å²) < 4.78 is 24.8. The van der Waals surface area contributed by atoms with Gasteiger partial charge in [-0.2, -0.15) is 21.4 Å². The van der Waals surface area contributed by atoms with Crippen LogP contribution in [0.3, 0.4) is 0 Å². The van der Waals surface area contributed by atoms with Crippen molar-refractivity contribution in [1.29, 1.82) is 0 Å². The van der Waals surface area contributed by atoms with Gasteiger partial charge in [-0.3, -0.25) is 4.79 Å². The fraction of sp³-hybridized carbons (Fsp3) is 0.462. The molecule has 0 heterocycles. The fourth-order valence-corrected chi connectivity index (χ4v) is 2.89. The van der Waals surface area contributed by atoms with E-state index in [0.29, 0.717) is 34.5 Å². The summed E-state index contributed by atoms with van der Waals surface area (Å²) in [6, 6.07) is 6.62. The molecule has 2 nitrogen and oxygen atoms in total. The SMILES string of the molecule is O=C(CC1(CS)CC1)Nc1ccccc1SC(F)F. The van der Waals surface area contributed by atoms with Crippen LogP contribution in [0.1, 0.15) is 19.3 Å². The molecule has 19 heavy (non-hydrogen) atoms. The average molecular weight is 303 g/mol. The van der Waals surface area contributed by atoms with Crippen molar-refractivity contribution < 1.29 is 13.6 Å². The third-order valence-corrected chi connectivity index (χ3v) is 4.66. The number of carbonyl (C=O) groups excluding carboxylic acids is 1. The molecule has 6 heteroatoms. The number of rotatable bonds is 6. The lowest BCUT2D eigenvalue weighted by atomic mass is 10.1. The van der Waals surface area contributed by atoms with Gasteiger partial charge in [0, 0.05) is 11.3 Å². The van der Waals surface area contributed by atoms with E-state index in [-0.39, 0.29) is 11.3 Å². The topological polar surface area (TPSA) is 29.1 Å². The largest absolute Gasteiger partial charge is 0.325 e. The number of benzene rings is 1. The van der Waals surface area contributed by atoms with Gasteiger partial charge in [-0.15, -0.1) is 0 Å². The van der Waals surface area contributed by atoms with E-state index in [1.165, 1.54) is 0 Å². The number of carbonyl (C=O) groups is 1. The van der Waals surface area contributed by atoms with E-state index in [2.05, 4.69) is 17.9 Å². The normalized spacial score (nSPS) is 16.4. The van der Waals surface area contributed by atoms with Crippen molar-refractivity contribution in [2.75, 3.05) is 11.1 Å². The van der Waals surface area contributed by atoms with Gasteiger partial charge in [-0.05, 0) is 36.1 Å². The smallest absolute Gasteiger partial charge is 0.288 e. The number of halogens is 2. The van der Waals surface area contributed by atoms with E-state index in [9.17, 15) is 13.6 Å². The molecule has 2 rings (SSSR count). The van der Waals surface area contributed by atoms with E-state index < -0.39 is 5.76 Å². The Kier molecular flexibility index (Phi) is 4.73. The molecule has 104 valence electrons. The zero-order chi connectivity index (χ0) is 13.9. The Morgan fingerprint density at radius 2 is 2.11 bits per heavy atom. The number of alkyl halides is 2. The third kappa shape index (κ3) is 4.11. The van der Waals surface area contributed by atoms with Gasteiger partial charge >= 0.3 is 0 Å². The summed E-state index contributed by atoms with van der Waals surface area (Å²) in [5.41, 5.74) is 0.477. The second-order valence-corrected chi connectivity index (χ2v) is 6.11. The monoisotopic (exact) mass is 303 g/mol. The van der Waals surface area contributed by atoms with Crippen molar-refractivity contribution in [1.82, 2.24) is 0 Å². The summed E-state index contributed by atoms with van der Waals surface area (Å²) in [4.78, 5) is 12.3. The first kappa shape index (κ1) is 14.7. The van der Waals surface area contributed by atoms with Crippen LogP contribution in [-0.4, -0.2) is 17.4 Å². The van der Waals surface area contributed by atoms with E-state index >= 15 is 0 Å². The molecule has 1 aliphatic carbocycles. The Morgan fingerprint density at radius 1 is 1.42 bits per heavy atom. The van der Waals surface area contributed by atoms with Gasteiger partial charge in [0.15, 0.2) is 0 Å². The first-order valence-electron chi connectivity index (χ1n) is 5.99. The minimum Gasteiger partial charge on any atom is -0.325 e. The number of anilines is 1. The van der Waals surface area contributed by atoms with Gasteiger partial charge in [-0.1, -0.05) is 23.9 Å². The number of hydrogen-bond acceptors (Lipinski definition) is 3. The first-order valence-corrected chi connectivity index (χ1v) is 7.50. The fourth-order valence-electron chi connectivity index (χ4n) is 1.87. The third-order valence-electron chi connectivity index (χ3n) is 3.21. The molecule has 0 atom stereocenters. The molecule has 0 saturated heterocycles. The predicted molar refractivity (Wildman–Crippen MR) is 77.1 cm³/mol. The zero-order valence-corrected chi connectivity index (χ0v) is 11.9. The highest BCUT2D eigenvalue weighted by molar-refractivity contribution is 7.99. The Hall–Kier alpha value is -0.750. The summed E-state index contributed by atoms with van der Waals surface area (Å²) in [6.45, 7) is 0. The van der Waals surface area contributed by atoms with Crippen LogP contribution in [0, 0.1) is 5.41 Å². The van der Waals surface area contributed by atoms with Crippen LogP contribution in [-0.2, 0) is 4.79 Å². The van der Waals surface area contributed by atoms with Crippen LogP contribution in [0.5, 0.6) is 0 Å². The molecular formula is C13H15F2NOS2. The standard InChI is InChI=1S/C13H15F2NOS2/c14-12(15)19-10-4-2-1-3-9(10)16-11(17)7-13(8-18)5-6-13/h1-4,12,18H,5-8H2,(H,16,17). The number of nitrogens with one attached hydrogen (secondary N) is 1. The van der Waals surface area contributed by atoms with Gasteiger partial charge in [0.25, 0.3) is 5.76 Å². The molecule has 0 aromatic heterocycles. The maximum atomic E-state index is 12.4. The molecule has 1 amide bonds. The van der Waals surface area contributed by atoms with E-state index in [0.717, 1.165) is 12.8 Å². The molecule has 1 saturated carbocycles. The van der Waals surface area contributed by atoms with Gasteiger partial charge in [-0.25, -0.2) is 0 Å². The molecular weight excluding hydrogens is 288 g/mol. The lowest BCUT2D eigenvalue weighted by molar-refractivity contribution is -0.117. The van der Waals surface area contributed by atoms with Gasteiger partial charge in [0.2, 0.25) is 5.91 Å². The molecule has 1 aromatic rings. The minimum absolute atomic E-state index is 0.0258. The van der Waals surface area contributed by atoms with Crippen LogP contribution in [0.15, 0.2) is 29.2 Å². The molecule has 1 aromatic carbocycles. The second kappa shape index (κ2) is 6.13. The summed E-state index contributed by atoms with van der Waals surface area (Å²) in [6.07, 6.45) is 2.43. The van der Waals surface area contributed by atoms with Gasteiger partial charge < -0.3 is 5.32 Å². The molecule has 1 N–H and O–H groups in total.